The summed E-state index contributed by atoms with van der Waals surface area (Å²) in [5, 5.41) is 18.0. The molecule has 0 atom stereocenters. The average molecular weight is 400 g/mol. The van der Waals surface area contributed by atoms with Crippen molar-refractivity contribution in [2.45, 2.75) is 25.5 Å². The van der Waals surface area contributed by atoms with Crippen molar-refractivity contribution < 1.29 is 35.4 Å². The molecule has 0 radical (unpaired) electrons. The number of aliphatic hydroxyl groups is 2. The summed E-state index contributed by atoms with van der Waals surface area (Å²) >= 11 is 0. The average Bonchev–Trinajstić information content (AvgIpc) is 2.36. The van der Waals surface area contributed by atoms with Gasteiger partial charge < -0.3 is 10.2 Å². The third-order valence-corrected chi connectivity index (χ3v) is 5.04. The monoisotopic (exact) mass is 400 g/mol. The number of aliphatic hydroxyl groups excluding tert-OH is 2. The van der Waals surface area contributed by atoms with Gasteiger partial charge in [0.25, 0.3) is 0 Å². The van der Waals surface area contributed by atoms with E-state index in [1.54, 1.807) is 0 Å². The van der Waals surface area contributed by atoms with E-state index in [1.807, 2.05) is 0 Å². The van der Waals surface area contributed by atoms with Crippen molar-refractivity contribution in [3.63, 3.8) is 0 Å². The van der Waals surface area contributed by atoms with Crippen molar-refractivity contribution in [3.05, 3.63) is 35.4 Å². The molecular weight excluding hydrogens is 377 g/mol. The number of rotatable bonds is 7. The Bertz CT molecular complexity index is 472. The standard InChI is InChI=1S/C14H23O2S.F6P/c1-12(2)14-5-3-13(4-6-14)11-17(9-7-15)10-8-16;1-7(2,3,4,5)6/h3-6,12,15-16H,7-11H2,1-2H3;/q+1;-1. The summed E-state index contributed by atoms with van der Waals surface area (Å²) in [7, 11) is -10.6. The van der Waals surface area contributed by atoms with Gasteiger partial charge in [-0.15, -0.1) is 0 Å². The zero-order valence-corrected chi connectivity index (χ0v) is 15.2. The van der Waals surface area contributed by atoms with Crippen LogP contribution >= 0.6 is 7.81 Å². The molecule has 0 amide bonds. The van der Waals surface area contributed by atoms with Gasteiger partial charge >= 0.3 is 33.0 Å². The van der Waals surface area contributed by atoms with E-state index in [4.69, 9.17) is 10.2 Å². The molecule has 2 N–H and O–H groups in total. The van der Waals surface area contributed by atoms with E-state index in [2.05, 4.69) is 38.1 Å². The van der Waals surface area contributed by atoms with E-state index in [0.717, 1.165) is 17.3 Å². The minimum atomic E-state index is -10.7. The van der Waals surface area contributed by atoms with Crippen molar-refractivity contribution in [3.8, 4) is 0 Å². The third-order valence-electron chi connectivity index (χ3n) is 2.78. The maximum absolute atomic E-state index is 10.7. The van der Waals surface area contributed by atoms with Crippen LogP contribution in [0.15, 0.2) is 24.3 Å². The molecule has 0 saturated heterocycles. The minimum absolute atomic E-state index is 0.107. The molecule has 0 bridgehead atoms. The van der Waals surface area contributed by atoms with Crippen LogP contribution in [-0.4, -0.2) is 34.9 Å². The number of hydrogen-bond donors (Lipinski definition) is 2. The SMILES string of the molecule is CC(C)c1ccc(C[S+](CCO)CCO)cc1.F[P-](F)(F)(F)(F)F. The summed E-state index contributed by atoms with van der Waals surface area (Å²) in [6.07, 6.45) is 0. The van der Waals surface area contributed by atoms with Gasteiger partial charge in [0.1, 0.15) is 17.3 Å². The molecule has 0 spiro atoms. The van der Waals surface area contributed by atoms with Gasteiger partial charge in [-0.05, 0) is 22.4 Å². The van der Waals surface area contributed by atoms with Crippen molar-refractivity contribution in [2.24, 2.45) is 0 Å². The first-order chi connectivity index (χ1) is 10.6. The maximum atomic E-state index is 9.87. The number of benzene rings is 1. The molecule has 24 heavy (non-hydrogen) atoms. The van der Waals surface area contributed by atoms with E-state index in [9.17, 15) is 25.2 Å². The van der Waals surface area contributed by atoms with E-state index in [1.165, 1.54) is 11.1 Å². The molecule has 144 valence electrons. The van der Waals surface area contributed by atoms with Crippen molar-refractivity contribution >= 4 is 18.7 Å². The Morgan fingerprint density at radius 3 is 1.54 bits per heavy atom. The van der Waals surface area contributed by atoms with Crippen molar-refractivity contribution in [1.82, 2.24) is 0 Å². The van der Waals surface area contributed by atoms with Crippen molar-refractivity contribution in [2.75, 3.05) is 24.7 Å². The van der Waals surface area contributed by atoms with Crippen molar-refractivity contribution in [1.29, 1.82) is 0 Å². The molecule has 1 aromatic carbocycles. The van der Waals surface area contributed by atoms with E-state index in [0.29, 0.717) is 5.92 Å². The Balaban J connectivity index is 0.000000640. The second-order valence-corrected chi connectivity index (χ2v) is 9.71. The molecule has 0 saturated carbocycles. The molecule has 0 aliphatic heterocycles. The molecule has 1 rings (SSSR count). The van der Waals surface area contributed by atoms with Crippen LogP contribution in [0.25, 0.3) is 0 Å². The zero-order chi connectivity index (χ0) is 19.1. The summed E-state index contributed by atoms with van der Waals surface area (Å²) in [5.41, 5.74) is 2.66. The van der Waals surface area contributed by atoms with Gasteiger partial charge in [-0.25, -0.2) is 0 Å². The van der Waals surface area contributed by atoms with Crippen LogP contribution in [0.1, 0.15) is 30.9 Å². The van der Waals surface area contributed by atoms with Gasteiger partial charge in [0.15, 0.2) is 0 Å². The predicted molar refractivity (Wildman–Crippen MR) is 89.1 cm³/mol. The van der Waals surface area contributed by atoms with Crippen LogP contribution in [-0.2, 0) is 16.6 Å². The molecule has 2 nitrogen and oxygen atoms in total. The fourth-order valence-electron chi connectivity index (χ4n) is 1.74. The van der Waals surface area contributed by atoms with Crippen LogP contribution in [0.4, 0.5) is 25.2 Å². The number of hydrogen-bond acceptors (Lipinski definition) is 2. The molecule has 1 aromatic rings. The zero-order valence-electron chi connectivity index (χ0n) is 13.4. The second-order valence-electron chi connectivity index (χ2n) is 5.47. The molecule has 0 unspecified atom stereocenters. The quantitative estimate of drug-likeness (QED) is 0.371. The molecular formula is C14H23F6O2PS. The fourth-order valence-corrected chi connectivity index (χ4v) is 3.41. The van der Waals surface area contributed by atoms with Gasteiger partial charge in [-0.1, -0.05) is 38.1 Å². The molecule has 0 aliphatic rings. The summed E-state index contributed by atoms with van der Waals surface area (Å²) < 4.78 is 59.2. The van der Waals surface area contributed by atoms with Gasteiger partial charge in [0.05, 0.1) is 13.2 Å². The molecule has 0 aromatic heterocycles. The first kappa shape index (κ1) is 23.5. The van der Waals surface area contributed by atoms with Crippen LogP contribution in [0.3, 0.4) is 0 Å². The third kappa shape index (κ3) is 16.4. The van der Waals surface area contributed by atoms with Crippen LogP contribution in [0.2, 0.25) is 0 Å². The number of halogens is 6. The van der Waals surface area contributed by atoms with Gasteiger partial charge in [-0.2, -0.15) is 0 Å². The van der Waals surface area contributed by atoms with Crippen LogP contribution in [0, 0.1) is 0 Å². The first-order valence-electron chi connectivity index (χ1n) is 7.13. The Kier molecular flexibility index (Phi) is 8.08. The topological polar surface area (TPSA) is 40.5 Å². The van der Waals surface area contributed by atoms with E-state index >= 15 is 0 Å². The Morgan fingerprint density at radius 1 is 0.875 bits per heavy atom. The summed E-state index contributed by atoms with van der Waals surface area (Å²) in [5.74, 6) is 3.13. The normalized spacial score (nSPS) is 14.8. The van der Waals surface area contributed by atoms with E-state index < -0.39 is 7.81 Å². The second kappa shape index (κ2) is 8.25. The molecule has 10 heteroatoms. The van der Waals surface area contributed by atoms with Gasteiger partial charge in [-0.3, -0.25) is 0 Å². The fraction of sp³-hybridized carbons (Fsp3) is 0.571. The molecule has 0 aliphatic carbocycles. The molecule has 0 heterocycles. The Labute approximate surface area is 140 Å². The van der Waals surface area contributed by atoms with E-state index in [-0.39, 0.29) is 24.1 Å². The predicted octanol–water partition coefficient (Wildman–Crippen LogP) is 5.30. The summed E-state index contributed by atoms with van der Waals surface area (Å²) in [6.45, 7) is 4.81. The summed E-state index contributed by atoms with van der Waals surface area (Å²) in [4.78, 5) is 0. The Hall–Kier alpha value is -0.500. The van der Waals surface area contributed by atoms with Crippen LogP contribution in [0.5, 0.6) is 0 Å². The molecule has 0 fully saturated rings. The van der Waals surface area contributed by atoms with Gasteiger partial charge in [0.2, 0.25) is 0 Å². The Morgan fingerprint density at radius 2 is 1.25 bits per heavy atom. The van der Waals surface area contributed by atoms with Crippen LogP contribution < -0.4 is 0 Å². The van der Waals surface area contributed by atoms with Gasteiger partial charge in [0, 0.05) is 5.56 Å². The first-order valence-corrected chi connectivity index (χ1v) is 10.9. The summed E-state index contributed by atoms with van der Waals surface area (Å²) in [6, 6.07) is 8.70.